The van der Waals surface area contributed by atoms with E-state index in [0.29, 0.717) is 12.5 Å². The van der Waals surface area contributed by atoms with Crippen molar-refractivity contribution in [2.45, 2.75) is 32.6 Å². The Morgan fingerprint density at radius 3 is 2.47 bits per heavy atom. The molecule has 4 nitrogen and oxygen atoms in total. The van der Waals surface area contributed by atoms with Gasteiger partial charge in [-0.1, -0.05) is 0 Å². The fraction of sp³-hybridized carbons (Fsp3) is 0.600. The molecule has 19 heavy (non-hydrogen) atoms. The molecule has 1 aromatic rings. The molecule has 1 aliphatic carbocycles. The fourth-order valence-corrected chi connectivity index (χ4v) is 2.86. The third-order valence-electron chi connectivity index (χ3n) is 4.09. The molecule has 0 atom stereocenters. The third-order valence-corrected chi connectivity index (χ3v) is 4.09. The molecule has 0 unspecified atom stereocenters. The number of amides is 1. The second-order valence-electron chi connectivity index (χ2n) is 5.24. The zero-order valence-corrected chi connectivity index (χ0v) is 11.6. The Hall–Kier alpha value is -1.42. The van der Waals surface area contributed by atoms with E-state index in [4.69, 9.17) is 5.73 Å². The van der Waals surface area contributed by atoms with Crippen LogP contribution in [-0.4, -0.2) is 24.0 Å². The zero-order valence-electron chi connectivity index (χ0n) is 11.6. The highest BCUT2D eigenvalue weighted by atomic mass is 16.2. The van der Waals surface area contributed by atoms with Crippen molar-refractivity contribution >= 4 is 11.6 Å². The first kappa shape index (κ1) is 14.0. The summed E-state index contributed by atoms with van der Waals surface area (Å²) in [6.07, 6.45) is 7.58. The van der Waals surface area contributed by atoms with E-state index >= 15 is 0 Å². The number of nitrogens with two attached hydrogens (primary N) is 1. The molecule has 0 saturated heterocycles. The van der Waals surface area contributed by atoms with Crippen LogP contribution in [0, 0.1) is 11.8 Å². The molecular formula is C15H23N3O. The van der Waals surface area contributed by atoms with Crippen LogP contribution in [-0.2, 0) is 4.79 Å². The Labute approximate surface area is 115 Å². The van der Waals surface area contributed by atoms with Gasteiger partial charge in [-0.25, -0.2) is 0 Å². The van der Waals surface area contributed by atoms with Gasteiger partial charge in [0.05, 0.1) is 0 Å². The minimum absolute atomic E-state index is 0.163. The second-order valence-corrected chi connectivity index (χ2v) is 5.24. The summed E-state index contributed by atoms with van der Waals surface area (Å²) in [5.74, 6) is 1.03. The van der Waals surface area contributed by atoms with Crippen LogP contribution in [0.15, 0.2) is 24.5 Å². The number of anilines is 1. The highest BCUT2D eigenvalue weighted by Crippen LogP contribution is 2.30. The van der Waals surface area contributed by atoms with Crippen LogP contribution in [0.4, 0.5) is 5.69 Å². The Bertz CT molecular complexity index is 399. The summed E-state index contributed by atoms with van der Waals surface area (Å²) >= 11 is 0. The van der Waals surface area contributed by atoms with Crippen LogP contribution in [0.25, 0.3) is 0 Å². The molecule has 0 radical (unpaired) electrons. The standard InChI is InChI=1S/C15H23N3O/c1-2-18(14-7-9-17-10-8-14)15(19)13-5-3-12(11-16)4-6-13/h7-10,12-13H,2-6,11,16H2,1H3. The van der Waals surface area contributed by atoms with Crippen molar-refractivity contribution in [1.82, 2.24) is 4.98 Å². The van der Waals surface area contributed by atoms with Crippen molar-refractivity contribution in [2.75, 3.05) is 18.0 Å². The Kier molecular flexibility index (Phi) is 4.91. The lowest BCUT2D eigenvalue weighted by molar-refractivity contribution is -0.123. The van der Waals surface area contributed by atoms with Crippen LogP contribution in [0.5, 0.6) is 0 Å². The molecule has 1 aromatic heterocycles. The van der Waals surface area contributed by atoms with Gasteiger partial charge in [0.2, 0.25) is 5.91 Å². The Balaban J connectivity index is 2.02. The number of carbonyl (C=O) groups is 1. The van der Waals surface area contributed by atoms with E-state index in [0.717, 1.165) is 37.9 Å². The van der Waals surface area contributed by atoms with Gasteiger partial charge in [0.1, 0.15) is 0 Å². The number of aromatic nitrogens is 1. The van der Waals surface area contributed by atoms with Crippen molar-refractivity contribution in [3.05, 3.63) is 24.5 Å². The predicted octanol–water partition coefficient (Wildman–Crippen LogP) is 2.20. The third kappa shape index (κ3) is 3.32. The van der Waals surface area contributed by atoms with Crippen molar-refractivity contribution in [1.29, 1.82) is 0 Å². The van der Waals surface area contributed by atoms with E-state index in [1.807, 2.05) is 24.0 Å². The number of hydrogen-bond acceptors (Lipinski definition) is 3. The molecule has 1 aliphatic rings. The highest BCUT2D eigenvalue weighted by molar-refractivity contribution is 5.94. The molecule has 104 valence electrons. The van der Waals surface area contributed by atoms with Crippen LogP contribution >= 0.6 is 0 Å². The smallest absolute Gasteiger partial charge is 0.230 e. The van der Waals surface area contributed by atoms with E-state index < -0.39 is 0 Å². The number of carbonyl (C=O) groups excluding carboxylic acids is 1. The molecule has 0 bridgehead atoms. The first-order valence-corrected chi connectivity index (χ1v) is 7.17. The van der Waals surface area contributed by atoms with Gasteiger partial charge in [0.15, 0.2) is 0 Å². The van der Waals surface area contributed by atoms with Crippen molar-refractivity contribution in [3.8, 4) is 0 Å². The lowest BCUT2D eigenvalue weighted by Crippen LogP contribution is -2.38. The van der Waals surface area contributed by atoms with E-state index in [1.54, 1.807) is 12.4 Å². The molecule has 0 aliphatic heterocycles. The minimum Gasteiger partial charge on any atom is -0.330 e. The molecule has 1 saturated carbocycles. The molecule has 0 aromatic carbocycles. The van der Waals surface area contributed by atoms with Gasteiger partial charge >= 0.3 is 0 Å². The fourth-order valence-electron chi connectivity index (χ4n) is 2.86. The minimum atomic E-state index is 0.163. The molecule has 2 rings (SSSR count). The van der Waals surface area contributed by atoms with Crippen molar-refractivity contribution < 1.29 is 4.79 Å². The quantitative estimate of drug-likeness (QED) is 0.904. The summed E-state index contributed by atoms with van der Waals surface area (Å²) < 4.78 is 0. The maximum absolute atomic E-state index is 12.6. The number of pyridine rings is 1. The Morgan fingerprint density at radius 1 is 1.32 bits per heavy atom. The number of nitrogens with zero attached hydrogens (tertiary/aromatic N) is 2. The van der Waals surface area contributed by atoms with E-state index in [9.17, 15) is 4.79 Å². The van der Waals surface area contributed by atoms with Gasteiger partial charge in [-0.2, -0.15) is 0 Å². The largest absolute Gasteiger partial charge is 0.330 e. The Morgan fingerprint density at radius 2 is 1.95 bits per heavy atom. The summed E-state index contributed by atoms with van der Waals surface area (Å²) in [6.45, 7) is 3.48. The van der Waals surface area contributed by atoms with Gasteiger partial charge in [-0.15, -0.1) is 0 Å². The molecule has 1 fully saturated rings. The summed E-state index contributed by atoms with van der Waals surface area (Å²) in [4.78, 5) is 18.5. The van der Waals surface area contributed by atoms with Crippen molar-refractivity contribution in [2.24, 2.45) is 17.6 Å². The van der Waals surface area contributed by atoms with Gasteiger partial charge in [0.25, 0.3) is 0 Å². The van der Waals surface area contributed by atoms with Crippen LogP contribution in [0.1, 0.15) is 32.6 Å². The van der Waals surface area contributed by atoms with Gasteiger partial charge in [-0.3, -0.25) is 9.78 Å². The maximum atomic E-state index is 12.6. The molecule has 4 heteroatoms. The molecule has 1 amide bonds. The van der Waals surface area contributed by atoms with Crippen molar-refractivity contribution in [3.63, 3.8) is 0 Å². The molecule has 1 heterocycles. The van der Waals surface area contributed by atoms with Gasteiger partial charge in [0, 0.05) is 30.5 Å². The maximum Gasteiger partial charge on any atom is 0.230 e. The number of rotatable bonds is 4. The second kappa shape index (κ2) is 6.66. The highest BCUT2D eigenvalue weighted by Gasteiger charge is 2.28. The number of hydrogen-bond donors (Lipinski definition) is 1. The summed E-state index contributed by atoms with van der Waals surface area (Å²) in [6, 6.07) is 3.79. The average molecular weight is 261 g/mol. The van der Waals surface area contributed by atoms with E-state index in [1.165, 1.54) is 0 Å². The van der Waals surface area contributed by atoms with Crippen LogP contribution in [0.2, 0.25) is 0 Å². The SMILES string of the molecule is CCN(C(=O)C1CCC(CN)CC1)c1ccncc1. The van der Waals surface area contributed by atoms with Crippen LogP contribution in [0.3, 0.4) is 0 Å². The molecule has 0 spiro atoms. The summed E-state index contributed by atoms with van der Waals surface area (Å²) in [5.41, 5.74) is 6.65. The van der Waals surface area contributed by atoms with Crippen LogP contribution < -0.4 is 10.6 Å². The first-order chi connectivity index (χ1) is 9.26. The monoisotopic (exact) mass is 261 g/mol. The molecular weight excluding hydrogens is 238 g/mol. The average Bonchev–Trinajstić information content (AvgIpc) is 2.49. The topological polar surface area (TPSA) is 59.2 Å². The van der Waals surface area contributed by atoms with Gasteiger partial charge < -0.3 is 10.6 Å². The summed E-state index contributed by atoms with van der Waals surface area (Å²) in [5, 5.41) is 0. The lowest BCUT2D eigenvalue weighted by atomic mass is 9.81. The first-order valence-electron chi connectivity index (χ1n) is 7.17. The van der Waals surface area contributed by atoms with E-state index in [-0.39, 0.29) is 11.8 Å². The van der Waals surface area contributed by atoms with Gasteiger partial charge in [-0.05, 0) is 57.2 Å². The zero-order chi connectivity index (χ0) is 13.7. The normalized spacial score (nSPS) is 23.1. The lowest BCUT2D eigenvalue weighted by Gasteiger charge is -2.31. The molecule has 2 N–H and O–H groups in total. The summed E-state index contributed by atoms with van der Waals surface area (Å²) in [7, 11) is 0. The predicted molar refractivity (Wildman–Crippen MR) is 76.8 cm³/mol. The van der Waals surface area contributed by atoms with E-state index in [2.05, 4.69) is 4.98 Å².